The molecule has 4 atom stereocenters. The van der Waals surface area contributed by atoms with Gasteiger partial charge in [0.2, 0.25) is 5.91 Å². The van der Waals surface area contributed by atoms with Crippen LogP contribution in [0.15, 0.2) is 0 Å². The highest BCUT2D eigenvalue weighted by atomic mass is 32.2. The zero-order valence-electron chi connectivity index (χ0n) is 11.8. The van der Waals surface area contributed by atoms with Crippen LogP contribution in [0.25, 0.3) is 0 Å². The van der Waals surface area contributed by atoms with Crippen molar-refractivity contribution in [1.29, 1.82) is 0 Å². The Hall–Kier alpha value is -0.260. The average Bonchev–Trinajstić information content (AvgIpc) is 2.88. The van der Waals surface area contributed by atoms with Crippen LogP contribution in [0.4, 0.5) is 0 Å². The van der Waals surface area contributed by atoms with Gasteiger partial charge in [-0.3, -0.25) is 4.79 Å². The van der Waals surface area contributed by atoms with Crippen LogP contribution >= 0.6 is 11.8 Å². The topological polar surface area (TPSA) is 64.4 Å². The maximum Gasteiger partial charge on any atom is 0.249 e. The van der Waals surface area contributed by atoms with Gasteiger partial charge in [-0.15, -0.1) is 0 Å². The highest BCUT2D eigenvalue weighted by Crippen LogP contribution is 2.29. The lowest BCUT2D eigenvalue weighted by atomic mass is 9.94. The summed E-state index contributed by atoms with van der Waals surface area (Å²) in [4.78, 5) is 12.2. The Bertz CT molecular complexity index is 299. The van der Waals surface area contributed by atoms with Gasteiger partial charge in [0, 0.05) is 17.8 Å². The van der Waals surface area contributed by atoms with Crippen LogP contribution in [0.3, 0.4) is 0 Å². The number of thioether (sulfide) groups is 1. The molecule has 2 fully saturated rings. The standard InChI is InChI=1S/C14H26N2O2S/c1-2-19-12-5-3-4-10(8-12)16-14(17)13-7-6-11(9-15)18-13/h10-13H,2-9,15H2,1H3,(H,16,17)/t10?,11-,12?,13+/m1/s1. The number of rotatable bonds is 5. The summed E-state index contributed by atoms with van der Waals surface area (Å²) in [6, 6.07) is 0.339. The van der Waals surface area contributed by atoms with Crippen LogP contribution in [0, 0.1) is 0 Å². The van der Waals surface area contributed by atoms with E-state index in [-0.39, 0.29) is 18.1 Å². The second-order valence-electron chi connectivity index (χ2n) is 5.51. The molecule has 2 rings (SSSR count). The fourth-order valence-corrected chi connectivity index (χ4v) is 4.20. The van der Waals surface area contributed by atoms with Crippen molar-refractivity contribution in [2.24, 2.45) is 5.73 Å². The number of ether oxygens (including phenoxy) is 1. The Kier molecular flexibility index (Phi) is 5.98. The summed E-state index contributed by atoms with van der Waals surface area (Å²) < 4.78 is 5.65. The molecular formula is C14H26N2O2S. The summed E-state index contributed by atoms with van der Waals surface area (Å²) >= 11 is 2.02. The van der Waals surface area contributed by atoms with Crippen LogP contribution in [0.5, 0.6) is 0 Å². The number of amides is 1. The van der Waals surface area contributed by atoms with E-state index in [0.717, 1.165) is 31.4 Å². The third kappa shape index (κ3) is 4.36. The van der Waals surface area contributed by atoms with Gasteiger partial charge in [0.15, 0.2) is 0 Å². The number of nitrogens with two attached hydrogens (primary N) is 1. The van der Waals surface area contributed by atoms with E-state index in [1.165, 1.54) is 12.8 Å². The molecule has 1 saturated carbocycles. The number of hydrogen-bond donors (Lipinski definition) is 2. The molecule has 0 aromatic rings. The van der Waals surface area contributed by atoms with Crippen LogP contribution < -0.4 is 11.1 Å². The van der Waals surface area contributed by atoms with E-state index in [4.69, 9.17) is 10.5 Å². The summed E-state index contributed by atoms with van der Waals surface area (Å²) in [6.07, 6.45) is 6.26. The fourth-order valence-electron chi connectivity index (χ4n) is 3.03. The summed E-state index contributed by atoms with van der Waals surface area (Å²) in [7, 11) is 0. The van der Waals surface area contributed by atoms with Gasteiger partial charge in [-0.25, -0.2) is 0 Å². The largest absolute Gasteiger partial charge is 0.364 e. The quantitative estimate of drug-likeness (QED) is 0.807. The fraction of sp³-hybridized carbons (Fsp3) is 0.929. The van der Waals surface area contributed by atoms with E-state index in [1.54, 1.807) is 0 Å². The number of nitrogens with one attached hydrogen (secondary N) is 1. The van der Waals surface area contributed by atoms with Crippen molar-refractivity contribution in [2.45, 2.75) is 68.9 Å². The molecule has 1 saturated heterocycles. The van der Waals surface area contributed by atoms with Gasteiger partial charge in [0.25, 0.3) is 0 Å². The molecule has 2 unspecified atom stereocenters. The van der Waals surface area contributed by atoms with Crippen LogP contribution in [0.2, 0.25) is 0 Å². The molecule has 5 heteroatoms. The highest BCUT2D eigenvalue weighted by Gasteiger charge is 2.32. The summed E-state index contributed by atoms with van der Waals surface area (Å²) in [5.41, 5.74) is 5.57. The van der Waals surface area contributed by atoms with E-state index >= 15 is 0 Å². The Labute approximate surface area is 120 Å². The molecule has 110 valence electrons. The summed E-state index contributed by atoms with van der Waals surface area (Å²) in [6.45, 7) is 2.72. The smallest absolute Gasteiger partial charge is 0.249 e. The molecule has 3 N–H and O–H groups in total. The van der Waals surface area contributed by atoms with Gasteiger partial charge in [-0.1, -0.05) is 13.3 Å². The van der Waals surface area contributed by atoms with Gasteiger partial charge >= 0.3 is 0 Å². The molecule has 0 bridgehead atoms. The minimum Gasteiger partial charge on any atom is -0.364 e. The zero-order chi connectivity index (χ0) is 13.7. The van der Waals surface area contributed by atoms with Crippen LogP contribution in [0.1, 0.15) is 45.4 Å². The van der Waals surface area contributed by atoms with Gasteiger partial charge < -0.3 is 15.8 Å². The molecule has 1 heterocycles. The first-order valence-electron chi connectivity index (χ1n) is 7.50. The van der Waals surface area contributed by atoms with Crippen molar-refractivity contribution in [2.75, 3.05) is 12.3 Å². The van der Waals surface area contributed by atoms with Crippen molar-refractivity contribution in [3.05, 3.63) is 0 Å². The Morgan fingerprint density at radius 2 is 2.21 bits per heavy atom. The second kappa shape index (κ2) is 7.50. The van der Waals surface area contributed by atoms with E-state index in [9.17, 15) is 4.79 Å². The number of carbonyl (C=O) groups excluding carboxylic acids is 1. The number of carbonyl (C=O) groups is 1. The van der Waals surface area contributed by atoms with Crippen molar-refractivity contribution in [3.63, 3.8) is 0 Å². The molecule has 4 nitrogen and oxygen atoms in total. The third-order valence-corrected chi connectivity index (χ3v) is 5.27. The Morgan fingerprint density at radius 1 is 1.37 bits per heavy atom. The van der Waals surface area contributed by atoms with Crippen molar-refractivity contribution >= 4 is 17.7 Å². The maximum atomic E-state index is 12.2. The lowest BCUT2D eigenvalue weighted by Gasteiger charge is -2.30. The molecule has 0 aromatic carbocycles. The van der Waals surface area contributed by atoms with E-state index in [2.05, 4.69) is 12.2 Å². The minimum atomic E-state index is -0.271. The lowest BCUT2D eigenvalue weighted by Crippen LogP contribution is -2.44. The first kappa shape index (κ1) is 15.1. The van der Waals surface area contributed by atoms with Gasteiger partial charge in [0.1, 0.15) is 6.10 Å². The summed E-state index contributed by atoms with van der Waals surface area (Å²) in [5, 5.41) is 3.89. The van der Waals surface area contributed by atoms with E-state index < -0.39 is 0 Å². The van der Waals surface area contributed by atoms with Gasteiger partial charge in [-0.05, 0) is 37.9 Å². The monoisotopic (exact) mass is 286 g/mol. The molecule has 0 spiro atoms. The number of hydrogen-bond acceptors (Lipinski definition) is 4. The molecule has 1 aliphatic heterocycles. The second-order valence-corrected chi connectivity index (χ2v) is 7.09. The highest BCUT2D eigenvalue weighted by molar-refractivity contribution is 7.99. The molecular weight excluding hydrogens is 260 g/mol. The average molecular weight is 286 g/mol. The zero-order valence-corrected chi connectivity index (χ0v) is 12.6. The van der Waals surface area contributed by atoms with Gasteiger partial charge in [-0.2, -0.15) is 11.8 Å². The maximum absolute atomic E-state index is 12.2. The van der Waals surface area contributed by atoms with Crippen molar-refractivity contribution in [1.82, 2.24) is 5.32 Å². The SMILES string of the molecule is CCSC1CCCC(NC(=O)[C@@H]2CC[C@H](CN)O2)C1. The first-order chi connectivity index (χ1) is 9.22. The molecule has 19 heavy (non-hydrogen) atoms. The van der Waals surface area contributed by atoms with Gasteiger partial charge in [0.05, 0.1) is 6.10 Å². The van der Waals surface area contributed by atoms with Crippen molar-refractivity contribution < 1.29 is 9.53 Å². The predicted molar refractivity (Wildman–Crippen MR) is 79.3 cm³/mol. The predicted octanol–water partition coefficient (Wildman–Crippen LogP) is 1.67. The molecule has 0 aromatic heterocycles. The first-order valence-corrected chi connectivity index (χ1v) is 8.55. The molecule has 0 radical (unpaired) electrons. The third-order valence-electron chi connectivity index (χ3n) is 4.04. The Balaban J connectivity index is 1.75. The summed E-state index contributed by atoms with van der Waals surface area (Å²) in [5.74, 6) is 1.23. The lowest BCUT2D eigenvalue weighted by molar-refractivity contribution is -0.132. The minimum absolute atomic E-state index is 0.0723. The van der Waals surface area contributed by atoms with E-state index in [1.807, 2.05) is 11.8 Å². The molecule has 1 amide bonds. The molecule has 1 aliphatic carbocycles. The van der Waals surface area contributed by atoms with Crippen LogP contribution in [-0.2, 0) is 9.53 Å². The van der Waals surface area contributed by atoms with Crippen molar-refractivity contribution in [3.8, 4) is 0 Å². The Morgan fingerprint density at radius 3 is 2.89 bits per heavy atom. The van der Waals surface area contributed by atoms with E-state index in [0.29, 0.717) is 17.8 Å². The molecule has 2 aliphatic rings. The normalized spacial score (nSPS) is 35.3. The van der Waals surface area contributed by atoms with Crippen LogP contribution in [-0.4, -0.2) is 41.7 Å².